The average molecular weight is 322 g/mol. The van der Waals surface area contributed by atoms with Crippen LogP contribution in [0.4, 0.5) is 0 Å². The highest BCUT2D eigenvalue weighted by molar-refractivity contribution is 5.48. The first-order valence-corrected chi connectivity index (χ1v) is 8.63. The van der Waals surface area contributed by atoms with Crippen LogP contribution in [0.3, 0.4) is 0 Å². The summed E-state index contributed by atoms with van der Waals surface area (Å²) in [5.74, 6) is 0.991. The first-order chi connectivity index (χ1) is 11.8. The van der Waals surface area contributed by atoms with E-state index in [0.717, 1.165) is 45.0 Å². The summed E-state index contributed by atoms with van der Waals surface area (Å²) in [5.41, 5.74) is 2.55. The number of hydrogen-bond acceptors (Lipinski definition) is 3. The predicted molar refractivity (Wildman–Crippen MR) is 100 cm³/mol. The molecule has 24 heavy (non-hydrogen) atoms. The molecule has 0 bridgehead atoms. The third-order valence-electron chi connectivity index (χ3n) is 4.52. The molecule has 1 aliphatic heterocycles. The number of methoxy groups -OCH3 is 1. The normalized spacial score (nSPS) is 16.5. The molecule has 0 radical (unpaired) electrons. The van der Waals surface area contributed by atoms with E-state index in [-0.39, 0.29) is 0 Å². The summed E-state index contributed by atoms with van der Waals surface area (Å²) < 4.78 is 5.46. The summed E-state index contributed by atoms with van der Waals surface area (Å²) in [6, 6.07) is 18.8. The molecule has 126 valence electrons. The lowest BCUT2D eigenvalue weighted by atomic mass is 10.1. The van der Waals surface area contributed by atoms with Crippen molar-refractivity contribution in [3.05, 3.63) is 71.8 Å². The Morgan fingerprint density at radius 1 is 0.875 bits per heavy atom. The molecule has 0 N–H and O–H groups in total. The Morgan fingerprint density at radius 3 is 2.29 bits per heavy atom. The fourth-order valence-electron chi connectivity index (χ4n) is 3.11. The van der Waals surface area contributed by atoms with Gasteiger partial charge in [0.1, 0.15) is 5.75 Å². The number of hydrogen-bond donors (Lipinski definition) is 0. The number of ether oxygens (including phenoxy) is 1. The molecule has 0 atom stereocenters. The van der Waals surface area contributed by atoms with E-state index < -0.39 is 0 Å². The van der Waals surface area contributed by atoms with Crippen LogP contribution in [0.1, 0.15) is 11.1 Å². The predicted octanol–water partition coefficient (Wildman–Crippen LogP) is 3.53. The Hall–Kier alpha value is -2.10. The largest absolute Gasteiger partial charge is 0.496 e. The zero-order valence-corrected chi connectivity index (χ0v) is 14.4. The molecule has 1 aliphatic rings. The molecule has 0 aliphatic carbocycles. The van der Waals surface area contributed by atoms with Gasteiger partial charge in [0.05, 0.1) is 7.11 Å². The fraction of sp³-hybridized carbons (Fsp3) is 0.333. The van der Waals surface area contributed by atoms with Gasteiger partial charge in [-0.1, -0.05) is 60.7 Å². The van der Waals surface area contributed by atoms with Crippen LogP contribution < -0.4 is 4.74 Å². The van der Waals surface area contributed by atoms with Crippen molar-refractivity contribution in [3.8, 4) is 5.75 Å². The van der Waals surface area contributed by atoms with Gasteiger partial charge in [-0.25, -0.2) is 0 Å². The van der Waals surface area contributed by atoms with E-state index in [2.05, 4.69) is 64.4 Å². The summed E-state index contributed by atoms with van der Waals surface area (Å²) in [6.07, 6.45) is 4.48. The van der Waals surface area contributed by atoms with Gasteiger partial charge < -0.3 is 4.74 Å². The van der Waals surface area contributed by atoms with E-state index in [1.165, 1.54) is 11.1 Å². The van der Waals surface area contributed by atoms with E-state index in [4.69, 9.17) is 4.74 Å². The number of benzene rings is 2. The Bertz CT molecular complexity index is 646. The van der Waals surface area contributed by atoms with Gasteiger partial charge >= 0.3 is 0 Å². The van der Waals surface area contributed by atoms with Gasteiger partial charge in [-0.2, -0.15) is 0 Å². The van der Waals surface area contributed by atoms with Crippen LogP contribution in [0, 0.1) is 0 Å². The van der Waals surface area contributed by atoms with Gasteiger partial charge in [0, 0.05) is 44.8 Å². The molecule has 0 aromatic heterocycles. The van der Waals surface area contributed by atoms with Crippen LogP contribution in [0.5, 0.6) is 5.75 Å². The van der Waals surface area contributed by atoms with Crippen molar-refractivity contribution in [2.45, 2.75) is 6.54 Å². The monoisotopic (exact) mass is 322 g/mol. The third-order valence-corrected chi connectivity index (χ3v) is 4.52. The van der Waals surface area contributed by atoms with E-state index >= 15 is 0 Å². The molecule has 1 heterocycles. The van der Waals surface area contributed by atoms with Crippen molar-refractivity contribution in [2.75, 3.05) is 39.8 Å². The third kappa shape index (κ3) is 4.70. The summed E-state index contributed by atoms with van der Waals surface area (Å²) >= 11 is 0. The number of para-hydroxylation sites is 1. The van der Waals surface area contributed by atoms with Crippen LogP contribution in [0.2, 0.25) is 0 Å². The lowest BCUT2D eigenvalue weighted by molar-refractivity contribution is 0.136. The molecule has 0 spiro atoms. The SMILES string of the molecule is COc1ccccc1CN1CCN(C/C=C/c2ccccc2)CC1. The fourth-order valence-corrected chi connectivity index (χ4v) is 3.11. The second kappa shape index (κ2) is 8.67. The highest BCUT2D eigenvalue weighted by Gasteiger charge is 2.17. The Morgan fingerprint density at radius 2 is 1.54 bits per heavy atom. The number of rotatable bonds is 6. The second-order valence-electron chi connectivity index (χ2n) is 6.20. The Kier molecular flexibility index (Phi) is 6.05. The van der Waals surface area contributed by atoms with Crippen LogP contribution in [-0.4, -0.2) is 49.6 Å². The van der Waals surface area contributed by atoms with Crippen LogP contribution in [-0.2, 0) is 6.54 Å². The summed E-state index contributed by atoms with van der Waals surface area (Å²) in [6.45, 7) is 6.45. The maximum absolute atomic E-state index is 5.46. The number of piperazine rings is 1. The molecule has 1 fully saturated rings. The molecule has 2 aromatic rings. The Labute approximate surface area is 145 Å². The highest BCUT2D eigenvalue weighted by atomic mass is 16.5. The highest BCUT2D eigenvalue weighted by Crippen LogP contribution is 2.19. The maximum Gasteiger partial charge on any atom is 0.123 e. The van der Waals surface area contributed by atoms with Crippen molar-refractivity contribution >= 4 is 6.08 Å². The topological polar surface area (TPSA) is 15.7 Å². The minimum Gasteiger partial charge on any atom is -0.496 e. The van der Waals surface area contributed by atoms with Crippen LogP contribution >= 0.6 is 0 Å². The molecule has 0 saturated carbocycles. The molecule has 3 rings (SSSR count). The molecular weight excluding hydrogens is 296 g/mol. The Balaban J connectivity index is 1.45. The van der Waals surface area contributed by atoms with E-state index in [9.17, 15) is 0 Å². The van der Waals surface area contributed by atoms with Crippen LogP contribution in [0.15, 0.2) is 60.7 Å². The van der Waals surface area contributed by atoms with Crippen molar-refractivity contribution in [2.24, 2.45) is 0 Å². The van der Waals surface area contributed by atoms with Crippen molar-refractivity contribution in [1.29, 1.82) is 0 Å². The van der Waals surface area contributed by atoms with Crippen molar-refractivity contribution < 1.29 is 4.74 Å². The van der Waals surface area contributed by atoms with Crippen LogP contribution in [0.25, 0.3) is 6.08 Å². The molecule has 0 unspecified atom stereocenters. The van der Waals surface area contributed by atoms with Gasteiger partial charge in [0.15, 0.2) is 0 Å². The van der Waals surface area contributed by atoms with E-state index in [1.54, 1.807) is 7.11 Å². The smallest absolute Gasteiger partial charge is 0.123 e. The quantitative estimate of drug-likeness (QED) is 0.809. The van der Waals surface area contributed by atoms with E-state index in [0.29, 0.717) is 0 Å². The van der Waals surface area contributed by atoms with Gasteiger partial charge in [-0.05, 0) is 11.6 Å². The lowest BCUT2D eigenvalue weighted by Crippen LogP contribution is -2.45. The van der Waals surface area contributed by atoms with Gasteiger partial charge in [0.25, 0.3) is 0 Å². The summed E-state index contributed by atoms with van der Waals surface area (Å²) in [5, 5.41) is 0. The van der Waals surface area contributed by atoms with E-state index in [1.807, 2.05) is 12.1 Å². The zero-order chi connectivity index (χ0) is 16.6. The average Bonchev–Trinajstić information content (AvgIpc) is 2.64. The lowest BCUT2D eigenvalue weighted by Gasteiger charge is -2.34. The van der Waals surface area contributed by atoms with Gasteiger partial charge in [0.2, 0.25) is 0 Å². The van der Waals surface area contributed by atoms with Gasteiger partial charge in [-0.3, -0.25) is 9.80 Å². The van der Waals surface area contributed by atoms with Crippen molar-refractivity contribution in [1.82, 2.24) is 9.80 Å². The number of nitrogens with zero attached hydrogens (tertiary/aromatic N) is 2. The minimum absolute atomic E-state index is 0.970. The first kappa shape index (κ1) is 16.7. The molecule has 3 nitrogen and oxygen atoms in total. The minimum atomic E-state index is 0.970. The molecule has 1 saturated heterocycles. The maximum atomic E-state index is 5.46. The molecule has 0 amide bonds. The summed E-state index contributed by atoms with van der Waals surface area (Å²) in [4.78, 5) is 5.02. The molecule has 3 heteroatoms. The first-order valence-electron chi connectivity index (χ1n) is 8.63. The zero-order valence-electron chi connectivity index (χ0n) is 14.4. The second-order valence-corrected chi connectivity index (χ2v) is 6.20. The standard InChI is InChI=1S/C21H26N2O/c1-24-21-12-6-5-11-20(21)18-23-16-14-22(15-17-23)13-7-10-19-8-3-2-4-9-19/h2-12H,13-18H2,1H3/b10-7+. The van der Waals surface area contributed by atoms with Crippen molar-refractivity contribution in [3.63, 3.8) is 0 Å². The molecular formula is C21H26N2O. The molecule has 2 aromatic carbocycles. The summed E-state index contributed by atoms with van der Waals surface area (Å²) in [7, 11) is 1.75. The van der Waals surface area contributed by atoms with Gasteiger partial charge in [-0.15, -0.1) is 0 Å².